The van der Waals surface area contributed by atoms with Gasteiger partial charge >= 0.3 is 0 Å². The number of benzene rings is 2. The first kappa shape index (κ1) is 23.3. The molecule has 0 unspecified atom stereocenters. The number of hydrogen-bond acceptors (Lipinski definition) is 6. The van der Waals surface area contributed by atoms with E-state index >= 15 is 0 Å². The number of aromatic nitrogens is 1. The van der Waals surface area contributed by atoms with Crippen LogP contribution in [-0.4, -0.2) is 41.7 Å². The van der Waals surface area contributed by atoms with Crippen molar-refractivity contribution < 1.29 is 19.1 Å². The van der Waals surface area contributed by atoms with E-state index in [-0.39, 0.29) is 24.6 Å². The van der Waals surface area contributed by atoms with Crippen LogP contribution in [0, 0.1) is 6.92 Å². The fraction of sp³-hybridized carbons (Fsp3) is 0.345. The molecule has 3 aliphatic rings. The summed E-state index contributed by atoms with van der Waals surface area (Å²) in [6.07, 6.45) is 5.53. The van der Waals surface area contributed by atoms with Crippen molar-refractivity contribution in [2.75, 3.05) is 11.7 Å². The van der Waals surface area contributed by atoms with Crippen LogP contribution in [0.4, 0.5) is 5.82 Å². The van der Waals surface area contributed by atoms with Crippen LogP contribution in [0.1, 0.15) is 57.5 Å². The Kier molecular flexibility index (Phi) is 6.16. The van der Waals surface area contributed by atoms with E-state index in [1.807, 2.05) is 55.5 Å². The normalized spacial score (nSPS) is 21.5. The van der Waals surface area contributed by atoms with Gasteiger partial charge in [0.25, 0.3) is 11.8 Å². The van der Waals surface area contributed by atoms with Crippen molar-refractivity contribution in [3.63, 3.8) is 0 Å². The number of nitrogens with zero attached hydrogens (tertiary/aromatic N) is 2. The fourth-order valence-electron chi connectivity index (χ4n) is 5.84. The summed E-state index contributed by atoms with van der Waals surface area (Å²) in [6, 6.07) is 18.0. The maximum atomic E-state index is 13.1. The maximum Gasteiger partial charge on any atom is 0.253 e. The molecule has 37 heavy (non-hydrogen) atoms. The molecule has 8 heteroatoms. The van der Waals surface area contributed by atoms with E-state index in [0.717, 1.165) is 42.6 Å². The number of hydrogen-bond donors (Lipinski definition) is 2. The maximum absolute atomic E-state index is 13.1. The van der Waals surface area contributed by atoms with Crippen LogP contribution in [0.5, 0.6) is 11.5 Å². The molecule has 1 aromatic heterocycles. The minimum absolute atomic E-state index is 0.0716. The number of carbonyl (C=O) groups is 2. The van der Waals surface area contributed by atoms with Gasteiger partial charge in [-0.25, -0.2) is 4.98 Å². The average Bonchev–Trinajstić information content (AvgIpc) is 3.51. The van der Waals surface area contributed by atoms with Crippen LogP contribution < -0.4 is 25.0 Å². The number of piperidine rings is 1. The lowest BCUT2D eigenvalue weighted by atomic mass is 9.96. The molecular weight excluding hydrogens is 468 g/mol. The second-order valence-electron chi connectivity index (χ2n) is 9.98. The van der Waals surface area contributed by atoms with E-state index in [1.54, 1.807) is 12.3 Å². The quantitative estimate of drug-likeness (QED) is 0.534. The van der Waals surface area contributed by atoms with E-state index in [9.17, 15) is 9.59 Å². The van der Waals surface area contributed by atoms with Crippen molar-refractivity contribution in [1.29, 1.82) is 0 Å². The summed E-state index contributed by atoms with van der Waals surface area (Å²) in [5, 5.41) is 6.21. The molecule has 2 fully saturated rings. The lowest BCUT2D eigenvalue weighted by Crippen LogP contribution is -2.50. The SMILES string of the molecule is Cc1c(C(=O)N[C@H]2C[C@H]3CC[C@@H](C2)N3c2ccc(C(=O)NCc3ccccc3)cn2)ccc2c1OCO2. The third-order valence-corrected chi connectivity index (χ3v) is 7.67. The molecule has 0 radical (unpaired) electrons. The van der Waals surface area contributed by atoms with Crippen LogP contribution in [0.3, 0.4) is 0 Å². The Bertz CT molecular complexity index is 1300. The molecule has 0 aliphatic carbocycles. The zero-order valence-electron chi connectivity index (χ0n) is 20.8. The predicted molar refractivity (Wildman–Crippen MR) is 139 cm³/mol. The van der Waals surface area contributed by atoms with Crippen molar-refractivity contribution in [3.8, 4) is 11.5 Å². The summed E-state index contributed by atoms with van der Waals surface area (Å²) in [5.74, 6) is 2.03. The summed E-state index contributed by atoms with van der Waals surface area (Å²) >= 11 is 0. The summed E-state index contributed by atoms with van der Waals surface area (Å²) in [7, 11) is 0. The minimum atomic E-state index is -0.133. The van der Waals surface area contributed by atoms with Crippen LogP contribution in [0.2, 0.25) is 0 Å². The molecule has 0 saturated carbocycles. The molecule has 4 heterocycles. The van der Waals surface area contributed by atoms with Crippen molar-refractivity contribution in [3.05, 3.63) is 83.0 Å². The molecule has 2 saturated heterocycles. The Morgan fingerprint density at radius 3 is 2.49 bits per heavy atom. The van der Waals surface area contributed by atoms with Gasteiger partial charge < -0.3 is 25.0 Å². The van der Waals surface area contributed by atoms with E-state index in [0.29, 0.717) is 41.3 Å². The predicted octanol–water partition coefficient (Wildman–Crippen LogP) is 3.98. The zero-order chi connectivity index (χ0) is 25.4. The second kappa shape index (κ2) is 9.76. The summed E-state index contributed by atoms with van der Waals surface area (Å²) in [6.45, 7) is 2.57. The Labute approximate surface area is 216 Å². The molecule has 2 amide bonds. The fourth-order valence-corrected chi connectivity index (χ4v) is 5.84. The number of pyridine rings is 1. The van der Waals surface area contributed by atoms with Gasteiger partial charge in [-0.15, -0.1) is 0 Å². The number of fused-ring (bicyclic) bond motifs is 3. The Morgan fingerprint density at radius 2 is 1.76 bits per heavy atom. The Balaban J connectivity index is 1.08. The molecule has 8 nitrogen and oxygen atoms in total. The average molecular weight is 499 g/mol. The molecule has 2 N–H and O–H groups in total. The number of nitrogens with one attached hydrogen (secondary N) is 2. The summed E-state index contributed by atoms with van der Waals surface area (Å²) in [4.78, 5) is 32.7. The minimum Gasteiger partial charge on any atom is -0.454 e. The van der Waals surface area contributed by atoms with Gasteiger partial charge in [-0.2, -0.15) is 0 Å². The molecule has 3 aromatic rings. The molecule has 2 bridgehead atoms. The van der Waals surface area contributed by atoms with Crippen molar-refractivity contribution >= 4 is 17.6 Å². The Hall–Kier alpha value is -4.07. The van der Waals surface area contributed by atoms with Gasteiger partial charge in [0.2, 0.25) is 6.79 Å². The first-order valence-corrected chi connectivity index (χ1v) is 12.8. The number of rotatable bonds is 6. The molecular formula is C29H30N4O4. The molecule has 2 aromatic carbocycles. The molecule has 3 atom stereocenters. The van der Waals surface area contributed by atoms with E-state index < -0.39 is 0 Å². The first-order valence-electron chi connectivity index (χ1n) is 12.8. The largest absolute Gasteiger partial charge is 0.454 e. The Morgan fingerprint density at radius 1 is 0.973 bits per heavy atom. The third-order valence-electron chi connectivity index (χ3n) is 7.67. The highest BCUT2D eigenvalue weighted by atomic mass is 16.7. The van der Waals surface area contributed by atoms with E-state index in [2.05, 4.69) is 20.5 Å². The van der Waals surface area contributed by atoms with Crippen LogP contribution in [0.25, 0.3) is 0 Å². The van der Waals surface area contributed by atoms with Gasteiger partial charge in [0.15, 0.2) is 11.5 Å². The summed E-state index contributed by atoms with van der Waals surface area (Å²) < 4.78 is 11.0. The zero-order valence-corrected chi connectivity index (χ0v) is 20.8. The highest BCUT2D eigenvalue weighted by molar-refractivity contribution is 5.97. The topological polar surface area (TPSA) is 92.8 Å². The number of ether oxygens (including phenoxy) is 2. The van der Waals surface area contributed by atoms with Gasteiger partial charge in [0.05, 0.1) is 5.56 Å². The molecule has 190 valence electrons. The summed E-state index contributed by atoms with van der Waals surface area (Å²) in [5.41, 5.74) is 3.04. The van der Waals surface area contributed by atoms with Crippen LogP contribution in [-0.2, 0) is 6.54 Å². The number of carbonyl (C=O) groups excluding carboxylic acids is 2. The van der Waals surface area contributed by atoms with E-state index in [4.69, 9.17) is 9.47 Å². The van der Waals surface area contributed by atoms with E-state index in [1.165, 1.54) is 0 Å². The van der Waals surface area contributed by atoms with Gasteiger partial charge in [-0.3, -0.25) is 9.59 Å². The van der Waals surface area contributed by atoms with Gasteiger partial charge in [-0.1, -0.05) is 30.3 Å². The standard InChI is InChI=1S/C29H30N4O4/c1-18-24(10-11-25-27(18)37-17-36-25)29(35)32-21-13-22-8-9-23(14-21)33(22)26-12-7-20(16-30-26)28(34)31-15-19-5-3-2-4-6-19/h2-7,10-12,16,21-23H,8-9,13-15,17H2,1H3,(H,31,34)(H,32,35)/t21-,22+,23-. The highest BCUT2D eigenvalue weighted by Gasteiger charge is 2.42. The third kappa shape index (κ3) is 4.59. The molecule has 0 spiro atoms. The van der Waals surface area contributed by atoms with Crippen LogP contribution >= 0.6 is 0 Å². The molecule has 3 aliphatic heterocycles. The smallest absolute Gasteiger partial charge is 0.253 e. The number of amides is 2. The first-order chi connectivity index (χ1) is 18.1. The van der Waals surface area contributed by atoms with Crippen molar-refractivity contribution in [2.24, 2.45) is 0 Å². The lowest BCUT2D eigenvalue weighted by molar-refractivity contribution is 0.0923. The van der Waals surface area contributed by atoms with Gasteiger partial charge in [0.1, 0.15) is 5.82 Å². The van der Waals surface area contributed by atoms with Crippen molar-refractivity contribution in [2.45, 2.75) is 57.3 Å². The highest BCUT2D eigenvalue weighted by Crippen LogP contribution is 2.39. The number of anilines is 1. The van der Waals surface area contributed by atoms with Gasteiger partial charge in [-0.05, 0) is 62.4 Å². The van der Waals surface area contributed by atoms with Gasteiger partial charge in [0, 0.05) is 42.0 Å². The van der Waals surface area contributed by atoms with Crippen molar-refractivity contribution in [1.82, 2.24) is 15.6 Å². The second-order valence-corrected chi connectivity index (χ2v) is 9.98. The lowest BCUT2D eigenvalue weighted by Gasteiger charge is -2.40. The van der Waals surface area contributed by atoms with Crippen LogP contribution in [0.15, 0.2) is 60.8 Å². The molecule has 6 rings (SSSR count). The monoisotopic (exact) mass is 498 g/mol.